The van der Waals surface area contributed by atoms with Crippen LogP contribution in [0.1, 0.15) is 5.56 Å². The maximum absolute atomic E-state index is 10.7. The number of rotatable bonds is 1. The number of halogens is 1. The Hall–Kier alpha value is -0.390. The molecule has 0 atom stereocenters. The van der Waals surface area contributed by atoms with Crippen LogP contribution in [-0.4, -0.2) is 13.0 Å². The van der Waals surface area contributed by atoms with Crippen molar-refractivity contribution in [2.24, 2.45) is 0 Å². The van der Waals surface area contributed by atoms with E-state index in [-0.39, 0.29) is 4.90 Å². The van der Waals surface area contributed by atoms with Crippen LogP contribution < -0.4 is 0 Å². The second-order valence-electron chi connectivity index (χ2n) is 2.41. The minimum atomic E-state index is -4.10. The molecule has 1 N–H and O–H groups in total. The highest BCUT2D eigenvalue weighted by molar-refractivity contribution is 9.10. The van der Waals surface area contributed by atoms with Gasteiger partial charge in [0.25, 0.3) is 10.1 Å². The molecule has 0 aliphatic rings. The van der Waals surface area contributed by atoms with Crippen LogP contribution in [0.5, 0.6) is 0 Å². The molecule has 0 unspecified atom stereocenters. The van der Waals surface area contributed by atoms with Crippen LogP contribution in [0.15, 0.2) is 27.6 Å². The molecule has 12 heavy (non-hydrogen) atoms. The van der Waals surface area contributed by atoms with Crippen molar-refractivity contribution >= 4 is 26.0 Å². The minimum Gasteiger partial charge on any atom is -0.282 e. The molecule has 0 fully saturated rings. The zero-order chi connectivity index (χ0) is 9.35. The summed E-state index contributed by atoms with van der Waals surface area (Å²) in [4.78, 5) is -0.0949. The molecule has 0 amide bonds. The van der Waals surface area contributed by atoms with Gasteiger partial charge >= 0.3 is 0 Å². The van der Waals surface area contributed by atoms with Gasteiger partial charge < -0.3 is 0 Å². The highest BCUT2D eigenvalue weighted by Gasteiger charge is 2.13. The summed E-state index contributed by atoms with van der Waals surface area (Å²) in [5.41, 5.74) is 0.783. The Kier molecular flexibility index (Phi) is 2.55. The minimum absolute atomic E-state index is 0.0949. The quantitative estimate of drug-likeness (QED) is 0.776. The SMILES string of the molecule is Cc1ccc(Br)c(S(=O)(=O)O)c1. The summed E-state index contributed by atoms with van der Waals surface area (Å²) in [6.07, 6.45) is 0. The third kappa shape index (κ3) is 2.06. The fourth-order valence-electron chi connectivity index (χ4n) is 0.808. The number of aryl methyl sites for hydroxylation is 1. The van der Waals surface area contributed by atoms with Crippen LogP contribution in [0.2, 0.25) is 0 Å². The molecule has 1 aromatic rings. The number of benzene rings is 1. The Labute approximate surface area is 79.3 Å². The van der Waals surface area contributed by atoms with Crippen molar-refractivity contribution in [2.45, 2.75) is 11.8 Å². The van der Waals surface area contributed by atoms with Gasteiger partial charge in [0.15, 0.2) is 0 Å². The molecule has 1 rings (SSSR count). The molecular weight excluding hydrogens is 244 g/mol. The van der Waals surface area contributed by atoms with Crippen molar-refractivity contribution in [1.82, 2.24) is 0 Å². The van der Waals surface area contributed by atoms with Gasteiger partial charge in [0, 0.05) is 4.47 Å². The molecule has 0 saturated carbocycles. The molecule has 0 spiro atoms. The highest BCUT2D eigenvalue weighted by Crippen LogP contribution is 2.22. The van der Waals surface area contributed by atoms with E-state index < -0.39 is 10.1 Å². The third-order valence-corrected chi connectivity index (χ3v) is 3.21. The van der Waals surface area contributed by atoms with Crippen molar-refractivity contribution in [1.29, 1.82) is 0 Å². The Balaban J connectivity index is 3.43. The van der Waals surface area contributed by atoms with Gasteiger partial charge in [0.2, 0.25) is 0 Å². The summed E-state index contributed by atoms with van der Waals surface area (Å²) in [6.45, 7) is 1.75. The van der Waals surface area contributed by atoms with Crippen LogP contribution in [0.25, 0.3) is 0 Å². The van der Waals surface area contributed by atoms with Crippen molar-refractivity contribution < 1.29 is 13.0 Å². The highest BCUT2D eigenvalue weighted by atomic mass is 79.9. The first-order chi connectivity index (χ1) is 5.41. The first-order valence-electron chi connectivity index (χ1n) is 3.15. The maximum Gasteiger partial charge on any atom is 0.295 e. The van der Waals surface area contributed by atoms with E-state index >= 15 is 0 Å². The van der Waals surface area contributed by atoms with E-state index in [0.29, 0.717) is 4.47 Å². The average Bonchev–Trinajstić information content (AvgIpc) is 1.92. The lowest BCUT2D eigenvalue weighted by molar-refractivity contribution is 0.482. The lowest BCUT2D eigenvalue weighted by atomic mass is 10.2. The van der Waals surface area contributed by atoms with Crippen LogP contribution >= 0.6 is 15.9 Å². The van der Waals surface area contributed by atoms with Gasteiger partial charge in [0.05, 0.1) is 0 Å². The lowest BCUT2D eigenvalue weighted by Gasteiger charge is -2.00. The maximum atomic E-state index is 10.7. The topological polar surface area (TPSA) is 54.4 Å². The Morgan fingerprint density at radius 2 is 2.00 bits per heavy atom. The monoisotopic (exact) mass is 250 g/mol. The largest absolute Gasteiger partial charge is 0.295 e. The molecule has 0 aromatic heterocycles. The Morgan fingerprint density at radius 3 is 2.42 bits per heavy atom. The van der Waals surface area contributed by atoms with Gasteiger partial charge in [-0.25, -0.2) is 0 Å². The smallest absolute Gasteiger partial charge is 0.282 e. The Morgan fingerprint density at radius 1 is 1.42 bits per heavy atom. The molecule has 5 heteroatoms. The van der Waals surface area contributed by atoms with E-state index in [2.05, 4.69) is 15.9 Å². The predicted molar refractivity (Wildman–Crippen MR) is 48.7 cm³/mol. The molecule has 0 radical (unpaired) electrons. The van der Waals surface area contributed by atoms with E-state index in [9.17, 15) is 8.42 Å². The van der Waals surface area contributed by atoms with E-state index in [0.717, 1.165) is 5.56 Å². The summed E-state index contributed by atoms with van der Waals surface area (Å²) in [6, 6.07) is 4.73. The third-order valence-electron chi connectivity index (χ3n) is 1.36. The van der Waals surface area contributed by atoms with Crippen molar-refractivity contribution in [3.63, 3.8) is 0 Å². The van der Waals surface area contributed by atoms with Gasteiger partial charge in [-0.2, -0.15) is 8.42 Å². The zero-order valence-corrected chi connectivity index (χ0v) is 8.68. The number of hydrogen-bond acceptors (Lipinski definition) is 2. The molecule has 1 aromatic carbocycles. The fourth-order valence-corrected chi connectivity index (χ4v) is 2.32. The summed E-state index contributed by atoms with van der Waals surface area (Å²) in [5, 5.41) is 0. The molecule has 0 heterocycles. The molecule has 0 saturated heterocycles. The lowest BCUT2D eigenvalue weighted by Crippen LogP contribution is -1.99. The van der Waals surface area contributed by atoms with E-state index in [1.165, 1.54) is 6.07 Å². The van der Waals surface area contributed by atoms with Crippen molar-refractivity contribution in [3.05, 3.63) is 28.2 Å². The van der Waals surface area contributed by atoms with Gasteiger partial charge in [-0.15, -0.1) is 0 Å². The first kappa shape index (κ1) is 9.70. The van der Waals surface area contributed by atoms with Gasteiger partial charge in [-0.3, -0.25) is 4.55 Å². The van der Waals surface area contributed by atoms with Crippen molar-refractivity contribution in [3.8, 4) is 0 Å². The molecule has 0 bridgehead atoms. The zero-order valence-electron chi connectivity index (χ0n) is 6.28. The van der Waals surface area contributed by atoms with Gasteiger partial charge in [0.1, 0.15) is 4.90 Å². The molecular formula is C7H7BrO3S. The molecule has 0 aliphatic carbocycles. The van der Waals surface area contributed by atoms with Crippen molar-refractivity contribution in [2.75, 3.05) is 0 Å². The van der Waals surface area contributed by atoms with E-state index in [1.807, 2.05) is 0 Å². The van der Waals surface area contributed by atoms with Gasteiger partial charge in [-0.1, -0.05) is 6.07 Å². The van der Waals surface area contributed by atoms with Crippen LogP contribution in [0, 0.1) is 6.92 Å². The van der Waals surface area contributed by atoms with E-state index in [4.69, 9.17) is 4.55 Å². The standard InChI is InChI=1S/C7H7BrO3S/c1-5-2-3-6(8)7(4-5)12(9,10)11/h2-4H,1H3,(H,9,10,11). The van der Waals surface area contributed by atoms with Crippen LogP contribution in [-0.2, 0) is 10.1 Å². The normalized spacial score (nSPS) is 11.6. The first-order valence-corrected chi connectivity index (χ1v) is 5.38. The molecule has 66 valence electrons. The second-order valence-corrected chi connectivity index (χ2v) is 4.65. The fraction of sp³-hybridized carbons (Fsp3) is 0.143. The summed E-state index contributed by atoms with van der Waals surface area (Å²) >= 11 is 3.03. The average molecular weight is 251 g/mol. The summed E-state index contributed by atoms with van der Waals surface area (Å²) in [5.74, 6) is 0. The van der Waals surface area contributed by atoms with E-state index in [1.54, 1.807) is 19.1 Å². The van der Waals surface area contributed by atoms with Crippen LogP contribution in [0.3, 0.4) is 0 Å². The second kappa shape index (κ2) is 3.16. The summed E-state index contributed by atoms with van der Waals surface area (Å²) < 4.78 is 30.6. The van der Waals surface area contributed by atoms with Gasteiger partial charge in [-0.05, 0) is 40.5 Å². The molecule has 0 aliphatic heterocycles. The Bertz CT molecular complexity index is 397. The summed E-state index contributed by atoms with van der Waals surface area (Å²) in [7, 11) is -4.10. The number of hydrogen-bond donors (Lipinski definition) is 1. The van der Waals surface area contributed by atoms with Crippen LogP contribution in [0.4, 0.5) is 0 Å². The predicted octanol–water partition coefficient (Wildman–Crippen LogP) is 2.00. The molecule has 3 nitrogen and oxygen atoms in total.